The van der Waals surface area contributed by atoms with Crippen molar-refractivity contribution in [3.05, 3.63) is 11.9 Å². The molecule has 0 heterocycles. The van der Waals surface area contributed by atoms with E-state index in [0.717, 1.165) is 12.8 Å². The number of halogens is 1. The van der Waals surface area contributed by atoms with Crippen molar-refractivity contribution in [3.63, 3.8) is 0 Å². The Kier molecular flexibility index (Phi) is 5.27. The molecule has 1 aliphatic rings. The SMILES string of the molecule is CC.CCC1C=C(F)CC1. The van der Waals surface area contributed by atoms with Gasteiger partial charge in [-0.15, -0.1) is 0 Å². The fourth-order valence-electron chi connectivity index (χ4n) is 1.07. The lowest BCUT2D eigenvalue weighted by molar-refractivity contribution is 0.577. The Morgan fingerprint density at radius 3 is 2.40 bits per heavy atom. The summed E-state index contributed by atoms with van der Waals surface area (Å²) >= 11 is 0. The molecule has 0 nitrogen and oxygen atoms in total. The molecule has 60 valence electrons. The lowest BCUT2D eigenvalue weighted by atomic mass is 10.1. The lowest BCUT2D eigenvalue weighted by Crippen LogP contribution is -1.84. The maximum Gasteiger partial charge on any atom is 0.0962 e. The van der Waals surface area contributed by atoms with Gasteiger partial charge in [-0.3, -0.25) is 0 Å². The summed E-state index contributed by atoms with van der Waals surface area (Å²) in [6.45, 7) is 6.10. The van der Waals surface area contributed by atoms with Gasteiger partial charge in [0.2, 0.25) is 0 Å². The minimum Gasteiger partial charge on any atom is -0.212 e. The second-order valence-corrected chi connectivity index (χ2v) is 2.32. The van der Waals surface area contributed by atoms with Crippen molar-refractivity contribution < 1.29 is 4.39 Å². The van der Waals surface area contributed by atoms with Crippen LogP contribution in [-0.4, -0.2) is 0 Å². The molecule has 1 heteroatoms. The van der Waals surface area contributed by atoms with Gasteiger partial charge in [-0.2, -0.15) is 0 Å². The number of allylic oxidation sites excluding steroid dienone is 2. The normalized spacial score (nSPS) is 23.2. The molecule has 0 spiro atoms. The van der Waals surface area contributed by atoms with E-state index in [9.17, 15) is 4.39 Å². The van der Waals surface area contributed by atoms with Gasteiger partial charge >= 0.3 is 0 Å². The van der Waals surface area contributed by atoms with Crippen LogP contribution in [0, 0.1) is 5.92 Å². The van der Waals surface area contributed by atoms with Crippen molar-refractivity contribution in [2.24, 2.45) is 5.92 Å². The van der Waals surface area contributed by atoms with Crippen LogP contribution in [-0.2, 0) is 0 Å². The first-order valence-electron chi connectivity index (χ1n) is 4.19. The Morgan fingerprint density at radius 1 is 1.60 bits per heavy atom. The third-order valence-electron chi connectivity index (χ3n) is 1.69. The molecule has 0 saturated carbocycles. The van der Waals surface area contributed by atoms with Gasteiger partial charge in [0, 0.05) is 0 Å². The zero-order chi connectivity index (χ0) is 7.98. The fourth-order valence-corrected chi connectivity index (χ4v) is 1.07. The molecule has 0 aromatic rings. The molecule has 0 bridgehead atoms. The van der Waals surface area contributed by atoms with E-state index in [1.165, 1.54) is 0 Å². The van der Waals surface area contributed by atoms with E-state index in [-0.39, 0.29) is 5.83 Å². The van der Waals surface area contributed by atoms with Gasteiger partial charge in [0.1, 0.15) is 0 Å². The topological polar surface area (TPSA) is 0 Å². The fraction of sp³-hybridized carbons (Fsp3) is 0.778. The van der Waals surface area contributed by atoms with Gasteiger partial charge in [-0.05, 0) is 31.3 Å². The van der Waals surface area contributed by atoms with Crippen LogP contribution in [0.5, 0.6) is 0 Å². The van der Waals surface area contributed by atoms with Crippen LogP contribution in [0.25, 0.3) is 0 Å². The predicted molar refractivity (Wildman–Crippen MR) is 43.6 cm³/mol. The number of hydrogen-bond donors (Lipinski definition) is 0. The molecule has 1 atom stereocenters. The Morgan fingerprint density at radius 2 is 2.20 bits per heavy atom. The quantitative estimate of drug-likeness (QED) is 0.526. The zero-order valence-corrected chi connectivity index (χ0v) is 7.15. The summed E-state index contributed by atoms with van der Waals surface area (Å²) in [4.78, 5) is 0. The first kappa shape index (κ1) is 9.67. The maximum atomic E-state index is 12.2. The summed E-state index contributed by atoms with van der Waals surface area (Å²) in [5.74, 6) is 0.631. The van der Waals surface area contributed by atoms with Gasteiger partial charge in [-0.1, -0.05) is 20.8 Å². The minimum atomic E-state index is 0.0943. The van der Waals surface area contributed by atoms with Crippen LogP contribution in [0.1, 0.15) is 40.0 Å². The van der Waals surface area contributed by atoms with Gasteiger partial charge in [0.05, 0.1) is 5.83 Å². The van der Waals surface area contributed by atoms with Gasteiger partial charge in [0.25, 0.3) is 0 Å². The summed E-state index contributed by atoms with van der Waals surface area (Å²) in [6.07, 6.45) is 4.55. The monoisotopic (exact) mass is 144 g/mol. The van der Waals surface area contributed by atoms with E-state index in [2.05, 4.69) is 6.92 Å². The molecular weight excluding hydrogens is 127 g/mol. The van der Waals surface area contributed by atoms with Crippen LogP contribution in [0.3, 0.4) is 0 Å². The molecule has 1 rings (SSSR count). The van der Waals surface area contributed by atoms with Crippen molar-refractivity contribution in [1.82, 2.24) is 0 Å². The summed E-state index contributed by atoms with van der Waals surface area (Å²) in [7, 11) is 0. The van der Waals surface area contributed by atoms with Crippen LogP contribution in [0.4, 0.5) is 4.39 Å². The average Bonchev–Trinajstić information content (AvgIpc) is 2.40. The van der Waals surface area contributed by atoms with E-state index in [0.29, 0.717) is 12.3 Å². The molecule has 0 fully saturated rings. The highest BCUT2D eigenvalue weighted by molar-refractivity contribution is 5.02. The summed E-state index contributed by atoms with van der Waals surface area (Å²) < 4.78 is 12.2. The largest absolute Gasteiger partial charge is 0.212 e. The predicted octanol–water partition coefficient (Wildman–Crippen LogP) is 3.69. The van der Waals surface area contributed by atoms with Crippen molar-refractivity contribution in [1.29, 1.82) is 0 Å². The summed E-state index contributed by atoms with van der Waals surface area (Å²) in [5, 5.41) is 0. The highest BCUT2D eigenvalue weighted by Gasteiger charge is 2.12. The molecule has 1 aliphatic carbocycles. The van der Waals surface area contributed by atoms with Crippen molar-refractivity contribution in [2.75, 3.05) is 0 Å². The molecule has 0 N–H and O–H groups in total. The molecule has 0 aromatic heterocycles. The molecular formula is C9H17F. The number of hydrogen-bond acceptors (Lipinski definition) is 0. The molecule has 1 unspecified atom stereocenters. The van der Waals surface area contributed by atoms with Crippen LogP contribution >= 0.6 is 0 Å². The first-order valence-corrected chi connectivity index (χ1v) is 4.19. The molecule has 10 heavy (non-hydrogen) atoms. The van der Waals surface area contributed by atoms with Crippen LogP contribution in [0.2, 0.25) is 0 Å². The lowest BCUT2D eigenvalue weighted by Gasteiger charge is -1.97. The van der Waals surface area contributed by atoms with E-state index in [4.69, 9.17) is 0 Å². The van der Waals surface area contributed by atoms with Gasteiger partial charge in [0.15, 0.2) is 0 Å². The Labute approximate surface area is 63.1 Å². The van der Waals surface area contributed by atoms with Crippen molar-refractivity contribution >= 4 is 0 Å². The third-order valence-corrected chi connectivity index (χ3v) is 1.69. The zero-order valence-electron chi connectivity index (χ0n) is 7.15. The standard InChI is InChI=1S/C7H11F.C2H6/c1-2-6-3-4-7(8)5-6;1-2/h5-6H,2-4H2,1H3;1-2H3. The second kappa shape index (κ2) is 5.45. The van der Waals surface area contributed by atoms with E-state index >= 15 is 0 Å². The van der Waals surface area contributed by atoms with Crippen LogP contribution in [0.15, 0.2) is 11.9 Å². The van der Waals surface area contributed by atoms with Gasteiger partial charge in [-0.25, -0.2) is 4.39 Å². The summed E-state index contributed by atoms with van der Waals surface area (Å²) in [5.41, 5.74) is 0. The van der Waals surface area contributed by atoms with Crippen molar-refractivity contribution in [3.8, 4) is 0 Å². The molecule has 0 amide bonds. The van der Waals surface area contributed by atoms with Gasteiger partial charge < -0.3 is 0 Å². The van der Waals surface area contributed by atoms with E-state index in [1.54, 1.807) is 6.08 Å². The second-order valence-electron chi connectivity index (χ2n) is 2.32. The molecule has 0 radical (unpaired) electrons. The first-order chi connectivity index (χ1) is 4.83. The highest BCUT2D eigenvalue weighted by atomic mass is 19.1. The molecule has 0 aromatic carbocycles. The van der Waals surface area contributed by atoms with Crippen molar-refractivity contribution in [2.45, 2.75) is 40.0 Å². The smallest absolute Gasteiger partial charge is 0.0962 e. The van der Waals surface area contributed by atoms with Crippen LogP contribution < -0.4 is 0 Å². The third kappa shape index (κ3) is 3.00. The average molecular weight is 144 g/mol. The molecule has 0 saturated heterocycles. The summed E-state index contributed by atoms with van der Waals surface area (Å²) in [6, 6.07) is 0. The Bertz CT molecular complexity index is 105. The van der Waals surface area contributed by atoms with E-state index < -0.39 is 0 Å². The number of rotatable bonds is 1. The Hall–Kier alpha value is -0.330. The molecule has 0 aliphatic heterocycles. The highest BCUT2D eigenvalue weighted by Crippen LogP contribution is 2.26. The maximum absolute atomic E-state index is 12.2. The Balaban J connectivity index is 0.000000371. The minimum absolute atomic E-state index is 0.0943. The van der Waals surface area contributed by atoms with E-state index in [1.807, 2.05) is 13.8 Å².